The van der Waals surface area contributed by atoms with Crippen LogP contribution < -0.4 is 21.3 Å². The van der Waals surface area contributed by atoms with Gasteiger partial charge >= 0.3 is 6.03 Å². The maximum atomic E-state index is 14.5. The maximum Gasteiger partial charge on any atom is 0.315 e. The number of carbonyl (C=O) groups excluding carboxylic acids is 5. The number of likely N-dealkylation sites (tertiary alicyclic amines) is 1. The minimum atomic E-state index is -3.57. The fourth-order valence-corrected chi connectivity index (χ4v) is 10.0. The summed E-state index contributed by atoms with van der Waals surface area (Å²) in [5, 5.41) is 11.5. The molecule has 3 saturated carbocycles. The van der Waals surface area contributed by atoms with Gasteiger partial charge in [-0.1, -0.05) is 72.1 Å². The van der Waals surface area contributed by atoms with Crippen LogP contribution in [0.25, 0.3) is 0 Å². The molecule has 5 amide bonds. The number of piperidine rings is 1. The third kappa shape index (κ3) is 10.3. The van der Waals surface area contributed by atoms with Gasteiger partial charge in [-0.3, -0.25) is 19.2 Å². The van der Waals surface area contributed by atoms with E-state index in [1.165, 1.54) is 0 Å². The normalized spacial score (nSPS) is 24.4. The minimum Gasteiger partial charge on any atom is -0.347 e. The van der Waals surface area contributed by atoms with Crippen LogP contribution in [0.2, 0.25) is 0 Å². The second kappa shape index (κ2) is 17.5. The summed E-state index contributed by atoms with van der Waals surface area (Å²) in [6, 6.07) is -3.62. The van der Waals surface area contributed by atoms with Crippen LogP contribution in [0, 0.1) is 29.6 Å². The molecule has 4 N–H and O–H groups in total. The van der Waals surface area contributed by atoms with Crippen LogP contribution in [0.5, 0.6) is 0 Å². The molecule has 0 spiro atoms. The zero-order valence-corrected chi connectivity index (χ0v) is 33.8. The number of rotatable bonds is 18. The van der Waals surface area contributed by atoms with Crippen LogP contribution in [-0.2, 0) is 29.0 Å². The first-order chi connectivity index (χ1) is 24.9. The molecule has 13 heteroatoms. The lowest BCUT2D eigenvalue weighted by molar-refractivity contribution is -0.144. The number of nitrogens with zero attached hydrogens (tertiary/aromatic N) is 1. The van der Waals surface area contributed by atoms with Gasteiger partial charge < -0.3 is 26.2 Å². The average Bonchev–Trinajstić information content (AvgIpc) is 3.36. The summed E-state index contributed by atoms with van der Waals surface area (Å²) in [4.78, 5) is 70.2. The molecule has 4 aliphatic rings. The monoisotopic (exact) mass is 759 g/mol. The zero-order valence-electron chi connectivity index (χ0n) is 33.0. The van der Waals surface area contributed by atoms with Crippen molar-refractivity contribution in [1.29, 1.82) is 0 Å². The zero-order chi connectivity index (χ0) is 39.2. The van der Waals surface area contributed by atoms with E-state index in [-0.39, 0.29) is 47.8 Å². The highest BCUT2D eigenvalue weighted by molar-refractivity contribution is 7.92. The highest BCUT2D eigenvalue weighted by atomic mass is 32.2. The number of Topliss-reactive ketones (excluding diaryl/α,β-unsaturated/α-hetero) is 1. The fourth-order valence-electron chi connectivity index (χ4n) is 8.49. The van der Waals surface area contributed by atoms with E-state index < -0.39 is 61.9 Å². The first-order valence-corrected chi connectivity index (χ1v) is 21.7. The molecule has 1 saturated heterocycles. The molecule has 4 fully saturated rings. The summed E-state index contributed by atoms with van der Waals surface area (Å²) >= 11 is 0. The summed E-state index contributed by atoms with van der Waals surface area (Å²) < 4.78 is 25.8. The molecular formula is C40H65N5O7S. The number of sulfone groups is 1. The molecule has 0 bridgehead atoms. The van der Waals surface area contributed by atoms with Crippen LogP contribution in [0.3, 0.4) is 0 Å². The summed E-state index contributed by atoms with van der Waals surface area (Å²) in [6.07, 6.45) is 17.0. The average molecular weight is 760 g/mol. The number of urea groups is 1. The Kier molecular flexibility index (Phi) is 14.1. The molecule has 4 rings (SSSR count). The van der Waals surface area contributed by atoms with E-state index in [9.17, 15) is 32.4 Å². The molecule has 53 heavy (non-hydrogen) atoms. The molecule has 5 atom stereocenters. The van der Waals surface area contributed by atoms with Crippen molar-refractivity contribution in [3.8, 4) is 12.3 Å². The van der Waals surface area contributed by atoms with Crippen LogP contribution in [0.4, 0.5) is 4.79 Å². The van der Waals surface area contributed by atoms with Gasteiger partial charge in [-0.05, 0) is 83.0 Å². The van der Waals surface area contributed by atoms with Gasteiger partial charge in [-0.25, -0.2) is 13.2 Å². The number of terminal acetylenes is 1. The number of hydrogen-bond acceptors (Lipinski definition) is 7. The summed E-state index contributed by atoms with van der Waals surface area (Å²) in [5.74, 6) is -0.191. The van der Waals surface area contributed by atoms with Gasteiger partial charge in [0.1, 0.15) is 12.1 Å². The van der Waals surface area contributed by atoms with Crippen LogP contribution in [0.15, 0.2) is 0 Å². The van der Waals surface area contributed by atoms with Crippen molar-refractivity contribution in [1.82, 2.24) is 26.2 Å². The number of hydrogen-bond donors (Lipinski definition) is 4. The first kappa shape index (κ1) is 42.6. The van der Waals surface area contributed by atoms with Crippen molar-refractivity contribution >= 4 is 39.4 Å². The quantitative estimate of drug-likeness (QED) is 0.0903. The second-order valence-corrected chi connectivity index (χ2v) is 20.5. The van der Waals surface area contributed by atoms with Gasteiger partial charge in [-0.15, -0.1) is 12.3 Å². The Morgan fingerprint density at radius 3 is 2.15 bits per heavy atom. The summed E-state index contributed by atoms with van der Waals surface area (Å²) in [6.45, 7) is 11.6. The number of nitrogens with one attached hydrogen (secondary N) is 4. The maximum absolute atomic E-state index is 14.5. The van der Waals surface area contributed by atoms with Crippen LogP contribution >= 0.6 is 0 Å². The van der Waals surface area contributed by atoms with Crippen molar-refractivity contribution in [3.63, 3.8) is 0 Å². The molecule has 298 valence electrons. The van der Waals surface area contributed by atoms with Crippen LogP contribution in [-0.4, -0.2) is 89.6 Å². The highest BCUT2D eigenvalue weighted by Gasteiger charge is 2.69. The number of unbranched alkanes of at least 4 members (excludes halogenated alkanes) is 4. The molecule has 2 unspecified atom stereocenters. The predicted octanol–water partition coefficient (Wildman–Crippen LogP) is 4.55. The standard InChI is InChI=1S/C40H65N5O7S/c1-8-10-12-13-15-22-30(43-37(50)44-40(23-16-14-17-24-40)26-53(51,52)38(3,4)5)36(49)45-25-28-31(39(28,6)7)32(45)34(47)42-29(21-11-9-2)33(46)35(48)41-27-19-18-20-27/h2,27-32H,8,10-26H2,1,3-7H3,(H,41,48)(H,42,47)(H2,43,44,50)/t28-,29?,30?,31-,32-/m0/s1. The van der Waals surface area contributed by atoms with E-state index in [1.54, 1.807) is 25.7 Å². The van der Waals surface area contributed by atoms with Crippen molar-refractivity contribution in [3.05, 3.63) is 0 Å². The lowest BCUT2D eigenvalue weighted by atomic mass is 9.83. The van der Waals surface area contributed by atoms with Gasteiger partial charge in [-0.2, -0.15) is 0 Å². The lowest BCUT2D eigenvalue weighted by Gasteiger charge is -2.40. The van der Waals surface area contributed by atoms with E-state index >= 15 is 0 Å². The molecular weight excluding hydrogens is 695 g/mol. The summed E-state index contributed by atoms with van der Waals surface area (Å²) in [7, 11) is -3.57. The number of amides is 5. The van der Waals surface area contributed by atoms with Gasteiger partial charge in [0.15, 0.2) is 9.84 Å². The Morgan fingerprint density at radius 2 is 1.57 bits per heavy atom. The Bertz CT molecular complexity index is 1500. The Hall–Kier alpha value is -3.14. The molecule has 1 heterocycles. The topological polar surface area (TPSA) is 171 Å². The SMILES string of the molecule is C#CCCC(NC(=O)[C@@H]1[C@@H]2[C@H](CN1C(=O)C(CCCCCCC)NC(=O)NC1(CS(=O)(=O)C(C)(C)C)CCCCC1)C2(C)C)C(=O)C(=O)NC1CCC1. The van der Waals surface area contributed by atoms with E-state index in [4.69, 9.17) is 6.42 Å². The molecule has 0 radical (unpaired) electrons. The minimum absolute atomic E-state index is 0.0501. The number of ketones is 1. The lowest BCUT2D eigenvalue weighted by Crippen LogP contribution is -2.62. The van der Waals surface area contributed by atoms with Gasteiger partial charge in [0.2, 0.25) is 17.6 Å². The second-order valence-electron chi connectivity index (χ2n) is 17.7. The molecule has 12 nitrogen and oxygen atoms in total. The first-order valence-electron chi connectivity index (χ1n) is 20.1. The smallest absolute Gasteiger partial charge is 0.315 e. The third-order valence-corrected chi connectivity index (χ3v) is 15.2. The molecule has 3 aliphatic carbocycles. The molecule has 0 aromatic heterocycles. The molecule has 0 aromatic carbocycles. The van der Waals surface area contributed by atoms with Crippen molar-refractivity contribution in [2.75, 3.05) is 12.3 Å². The Balaban J connectivity index is 1.54. The van der Waals surface area contributed by atoms with Gasteiger partial charge in [0, 0.05) is 19.0 Å². The Labute approximate surface area is 317 Å². The number of carbonyl (C=O) groups is 5. The van der Waals surface area contributed by atoms with E-state index in [0.29, 0.717) is 32.2 Å². The number of fused-ring (bicyclic) bond motifs is 1. The van der Waals surface area contributed by atoms with E-state index in [2.05, 4.69) is 48.0 Å². The van der Waals surface area contributed by atoms with Crippen LogP contribution in [0.1, 0.15) is 144 Å². The predicted molar refractivity (Wildman–Crippen MR) is 205 cm³/mol. The summed E-state index contributed by atoms with van der Waals surface area (Å²) in [5.41, 5.74) is -1.17. The molecule has 1 aliphatic heterocycles. The van der Waals surface area contributed by atoms with Gasteiger partial charge in [0.25, 0.3) is 5.91 Å². The Morgan fingerprint density at radius 1 is 0.906 bits per heavy atom. The third-order valence-electron chi connectivity index (χ3n) is 12.4. The van der Waals surface area contributed by atoms with E-state index in [1.807, 2.05) is 0 Å². The largest absolute Gasteiger partial charge is 0.347 e. The van der Waals surface area contributed by atoms with Crippen molar-refractivity contribution in [2.24, 2.45) is 17.3 Å². The van der Waals surface area contributed by atoms with Crippen molar-refractivity contribution in [2.45, 2.75) is 179 Å². The van der Waals surface area contributed by atoms with Gasteiger partial charge in [0.05, 0.1) is 22.1 Å². The molecule has 0 aromatic rings. The van der Waals surface area contributed by atoms with Crippen molar-refractivity contribution < 1.29 is 32.4 Å². The van der Waals surface area contributed by atoms with E-state index in [0.717, 1.165) is 64.2 Å². The fraction of sp³-hybridized carbons (Fsp3) is 0.825. The highest BCUT2D eigenvalue weighted by Crippen LogP contribution is 2.65.